The zero-order valence-corrected chi connectivity index (χ0v) is 15.5. The number of aromatic nitrogens is 1. The fraction of sp³-hybridized carbons (Fsp3) is 0.150. The lowest BCUT2D eigenvalue weighted by molar-refractivity contribution is -0.115. The van der Waals surface area contributed by atoms with Crippen molar-refractivity contribution in [2.45, 2.75) is 19.8 Å². The normalized spacial score (nSPS) is 10.4. The first-order chi connectivity index (χ1) is 13.0. The summed E-state index contributed by atoms with van der Waals surface area (Å²) in [5, 5.41) is 5.98. The van der Waals surface area contributed by atoms with E-state index in [0.717, 1.165) is 10.4 Å². The summed E-state index contributed by atoms with van der Waals surface area (Å²) in [4.78, 5) is 29.1. The Morgan fingerprint density at radius 3 is 2.63 bits per heavy atom. The van der Waals surface area contributed by atoms with Gasteiger partial charge in [0.1, 0.15) is 5.82 Å². The van der Waals surface area contributed by atoms with Gasteiger partial charge in [-0.15, -0.1) is 11.3 Å². The fourth-order valence-corrected chi connectivity index (χ4v) is 3.25. The Balaban J connectivity index is 1.64. The molecule has 2 aromatic carbocycles. The van der Waals surface area contributed by atoms with Gasteiger partial charge in [0.15, 0.2) is 5.13 Å². The molecule has 0 aliphatic rings. The van der Waals surface area contributed by atoms with E-state index < -0.39 is 0 Å². The smallest absolute Gasteiger partial charge is 0.257 e. The number of thiazole rings is 1. The maximum atomic E-state index is 13.0. The Kier molecular flexibility index (Phi) is 5.93. The third-order valence-electron chi connectivity index (χ3n) is 3.80. The van der Waals surface area contributed by atoms with Crippen molar-refractivity contribution in [3.8, 4) is 0 Å². The van der Waals surface area contributed by atoms with E-state index in [1.165, 1.54) is 23.5 Å². The number of carbonyl (C=O) groups is 2. The summed E-state index contributed by atoms with van der Waals surface area (Å²) in [7, 11) is 0. The lowest BCUT2D eigenvalue weighted by atomic mass is 10.1. The highest BCUT2D eigenvalue weighted by atomic mass is 32.1. The fourth-order valence-electron chi connectivity index (χ4n) is 2.41. The second-order valence-corrected chi connectivity index (χ2v) is 6.99. The van der Waals surface area contributed by atoms with Crippen LogP contribution in [0.4, 0.5) is 15.2 Å². The van der Waals surface area contributed by atoms with Gasteiger partial charge in [-0.1, -0.05) is 25.1 Å². The van der Waals surface area contributed by atoms with E-state index >= 15 is 0 Å². The maximum absolute atomic E-state index is 13.0. The number of hydrogen-bond acceptors (Lipinski definition) is 4. The van der Waals surface area contributed by atoms with E-state index in [9.17, 15) is 14.0 Å². The van der Waals surface area contributed by atoms with Crippen LogP contribution in [0.1, 0.15) is 34.1 Å². The van der Waals surface area contributed by atoms with E-state index in [1.54, 1.807) is 49.5 Å². The van der Waals surface area contributed by atoms with Crippen molar-refractivity contribution in [3.63, 3.8) is 0 Å². The number of carbonyl (C=O) groups excluding carboxylic acids is 2. The summed E-state index contributed by atoms with van der Waals surface area (Å²) in [6.07, 6.45) is 2.68. The van der Waals surface area contributed by atoms with Crippen molar-refractivity contribution < 1.29 is 14.0 Å². The molecule has 1 heterocycles. The van der Waals surface area contributed by atoms with Gasteiger partial charge in [-0.05, 0) is 35.9 Å². The summed E-state index contributed by atoms with van der Waals surface area (Å²) in [6.45, 7) is 1.76. The Hall–Kier alpha value is -3.06. The summed E-state index contributed by atoms with van der Waals surface area (Å²) in [5.41, 5.74) is 1.97. The third-order valence-corrected chi connectivity index (χ3v) is 4.71. The Morgan fingerprint density at radius 2 is 1.89 bits per heavy atom. The number of anilines is 2. The van der Waals surface area contributed by atoms with Crippen molar-refractivity contribution in [1.82, 2.24) is 4.98 Å². The Morgan fingerprint density at radius 1 is 1.11 bits per heavy atom. The standard InChI is InChI=1S/C20H18FN3O2S/c1-2-18(25)23-16-5-3-4-14(11-16)19(26)24-20-22-12-17(27-20)10-13-6-8-15(21)9-7-13/h3-9,11-12H,2,10H2,1H3,(H,23,25)(H,22,24,26). The molecule has 0 bridgehead atoms. The van der Waals surface area contributed by atoms with Gasteiger partial charge in [0.25, 0.3) is 5.91 Å². The Bertz CT molecular complexity index is 954. The summed E-state index contributed by atoms with van der Waals surface area (Å²) in [5.74, 6) is -0.684. The second kappa shape index (κ2) is 8.55. The number of rotatable bonds is 6. The molecule has 2 N–H and O–H groups in total. The van der Waals surface area contributed by atoms with E-state index in [1.807, 2.05) is 0 Å². The molecule has 2 amide bonds. The van der Waals surface area contributed by atoms with E-state index in [-0.39, 0.29) is 17.6 Å². The molecular weight excluding hydrogens is 365 g/mol. The highest BCUT2D eigenvalue weighted by Gasteiger charge is 2.11. The van der Waals surface area contributed by atoms with Crippen LogP contribution in [-0.2, 0) is 11.2 Å². The number of nitrogens with zero attached hydrogens (tertiary/aromatic N) is 1. The molecule has 27 heavy (non-hydrogen) atoms. The first kappa shape index (κ1) is 18.7. The van der Waals surface area contributed by atoms with Gasteiger partial charge in [-0.2, -0.15) is 0 Å². The number of benzene rings is 2. The molecule has 0 fully saturated rings. The molecular formula is C20H18FN3O2S. The first-order valence-corrected chi connectivity index (χ1v) is 9.25. The minimum absolute atomic E-state index is 0.113. The van der Waals surface area contributed by atoms with Crippen LogP contribution in [0.25, 0.3) is 0 Å². The molecule has 0 spiro atoms. The van der Waals surface area contributed by atoms with Crippen LogP contribution in [0.3, 0.4) is 0 Å². The number of hydrogen-bond donors (Lipinski definition) is 2. The van der Waals surface area contributed by atoms with Crippen LogP contribution < -0.4 is 10.6 Å². The predicted molar refractivity (Wildman–Crippen MR) is 105 cm³/mol. The van der Waals surface area contributed by atoms with E-state index in [4.69, 9.17) is 0 Å². The highest BCUT2D eigenvalue weighted by Crippen LogP contribution is 2.22. The van der Waals surface area contributed by atoms with Crippen LogP contribution >= 0.6 is 11.3 Å². The monoisotopic (exact) mass is 383 g/mol. The van der Waals surface area contributed by atoms with Crippen molar-refractivity contribution >= 4 is 34.0 Å². The molecule has 1 aromatic heterocycles. The molecule has 0 aliphatic carbocycles. The van der Waals surface area contributed by atoms with Gasteiger partial charge in [0.05, 0.1) is 0 Å². The first-order valence-electron chi connectivity index (χ1n) is 8.44. The van der Waals surface area contributed by atoms with Gasteiger partial charge < -0.3 is 5.32 Å². The largest absolute Gasteiger partial charge is 0.326 e. The zero-order chi connectivity index (χ0) is 19.2. The van der Waals surface area contributed by atoms with Gasteiger partial charge in [-0.25, -0.2) is 9.37 Å². The quantitative estimate of drug-likeness (QED) is 0.660. The summed E-state index contributed by atoms with van der Waals surface area (Å²) >= 11 is 1.37. The zero-order valence-electron chi connectivity index (χ0n) is 14.7. The van der Waals surface area contributed by atoms with Gasteiger partial charge in [-0.3, -0.25) is 14.9 Å². The number of nitrogens with one attached hydrogen (secondary N) is 2. The van der Waals surface area contributed by atoms with Crippen LogP contribution in [-0.4, -0.2) is 16.8 Å². The third kappa shape index (κ3) is 5.21. The van der Waals surface area contributed by atoms with Crippen molar-refractivity contribution in [3.05, 3.63) is 76.5 Å². The van der Waals surface area contributed by atoms with Gasteiger partial charge in [0.2, 0.25) is 5.91 Å². The van der Waals surface area contributed by atoms with Crippen molar-refractivity contribution in [2.24, 2.45) is 0 Å². The van der Waals surface area contributed by atoms with E-state index in [2.05, 4.69) is 15.6 Å². The maximum Gasteiger partial charge on any atom is 0.257 e. The molecule has 0 unspecified atom stereocenters. The molecule has 0 saturated carbocycles. The second-order valence-electron chi connectivity index (χ2n) is 5.87. The molecule has 5 nitrogen and oxygen atoms in total. The average molecular weight is 383 g/mol. The van der Waals surface area contributed by atoms with Crippen LogP contribution in [0.2, 0.25) is 0 Å². The summed E-state index contributed by atoms with van der Waals surface area (Å²) < 4.78 is 13.0. The highest BCUT2D eigenvalue weighted by molar-refractivity contribution is 7.15. The van der Waals surface area contributed by atoms with Gasteiger partial charge in [0, 0.05) is 35.2 Å². The van der Waals surface area contributed by atoms with E-state index in [0.29, 0.717) is 29.2 Å². The minimum atomic E-state index is -0.301. The SMILES string of the molecule is CCC(=O)Nc1cccc(C(=O)Nc2ncc(Cc3ccc(F)cc3)s2)c1. The Labute approximate surface area is 160 Å². The predicted octanol–water partition coefficient (Wildman–Crippen LogP) is 4.47. The van der Waals surface area contributed by atoms with Gasteiger partial charge >= 0.3 is 0 Å². The van der Waals surface area contributed by atoms with Crippen LogP contribution in [0.15, 0.2) is 54.7 Å². The number of halogens is 1. The molecule has 3 aromatic rings. The molecule has 138 valence electrons. The molecule has 0 aliphatic heterocycles. The molecule has 0 saturated heterocycles. The average Bonchev–Trinajstić information content (AvgIpc) is 3.10. The molecule has 0 atom stereocenters. The number of amides is 2. The molecule has 3 rings (SSSR count). The topological polar surface area (TPSA) is 71.1 Å². The van der Waals surface area contributed by atoms with Crippen molar-refractivity contribution in [2.75, 3.05) is 10.6 Å². The summed E-state index contributed by atoms with van der Waals surface area (Å²) in [6, 6.07) is 13.0. The lowest BCUT2D eigenvalue weighted by Gasteiger charge is -2.06. The van der Waals surface area contributed by atoms with Crippen LogP contribution in [0, 0.1) is 5.82 Å². The lowest BCUT2D eigenvalue weighted by Crippen LogP contribution is -2.13. The molecule has 0 radical (unpaired) electrons. The van der Waals surface area contributed by atoms with Crippen LogP contribution in [0.5, 0.6) is 0 Å². The molecule has 7 heteroatoms. The van der Waals surface area contributed by atoms with Crippen molar-refractivity contribution in [1.29, 1.82) is 0 Å². The minimum Gasteiger partial charge on any atom is -0.326 e.